The lowest BCUT2D eigenvalue weighted by atomic mass is 9.93. The molecule has 0 amide bonds. The molecule has 2 aromatic carbocycles. The lowest BCUT2D eigenvalue weighted by Crippen LogP contribution is -2.23. The number of ether oxygens (including phenoxy) is 3. The van der Waals surface area contributed by atoms with Crippen LogP contribution in [0.2, 0.25) is 0 Å². The van der Waals surface area contributed by atoms with Crippen LogP contribution in [0.5, 0.6) is 5.75 Å². The first-order valence-corrected chi connectivity index (χ1v) is 12.6. The van der Waals surface area contributed by atoms with Crippen LogP contribution in [-0.4, -0.2) is 36.5 Å². The van der Waals surface area contributed by atoms with Crippen molar-refractivity contribution in [2.45, 2.75) is 65.0 Å². The summed E-state index contributed by atoms with van der Waals surface area (Å²) < 4.78 is 33.1. The average molecular weight is 481 g/mol. The van der Waals surface area contributed by atoms with E-state index in [1.807, 2.05) is 44.3 Å². The Morgan fingerprint density at radius 3 is 2.51 bits per heavy atom. The van der Waals surface area contributed by atoms with Gasteiger partial charge in [0.25, 0.3) is 0 Å². The van der Waals surface area contributed by atoms with E-state index in [0.29, 0.717) is 31.3 Å². The quantitative estimate of drug-likeness (QED) is 0.409. The number of hydrogen-bond donors (Lipinski definition) is 0. The van der Waals surface area contributed by atoms with E-state index in [0.717, 1.165) is 42.2 Å². The largest absolute Gasteiger partial charge is 0.497 e. The molecule has 5 nitrogen and oxygen atoms in total. The Morgan fingerprint density at radius 2 is 1.86 bits per heavy atom. The van der Waals surface area contributed by atoms with Gasteiger partial charge in [0, 0.05) is 24.7 Å². The Bertz CT molecular complexity index is 1110. The van der Waals surface area contributed by atoms with Gasteiger partial charge in [-0.1, -0.05) is 45.9 Å². The summed E-state index contributed by atoms with van der Waals surface area (Å²) >= 11 is 0. The number of aryl methyl sites for hydroxylation is 2. The molecule has 1 atom stereocenters. The molecule has 0 bridgehead atoms. The Hall–Kier alpha value is -2.70. The number of methoxy groups -OCH3 is 1. The second-order valence-electron chi connectivity index (χ2n) is 9.79. The molecule has 3 aromatic rings. The summed E-state index contributed by atoms with van der Waals surface area (Å²) in [4.78, 5) is 4.55. The molecule has 0 aliphatic carbocycles. The predicted octanol–water partition coefficient (Wildman–Crippen LogP) is 6.67. The van der Waals surface area contributed by atoms with Crippen molar-refractivity contribution >= 4 is 0 Å². The van der Waals surface area contributed by atoms with E-state index in [1.165, 1.54) is 11.1 Å². The zero-order valence-electron chi connectivity index (χ0n) is 21.5. The predicted molar refractivity (Wildman–Crippen MR) is 137 cm³/mol. The van der Waals surface area contributed by atoms with Crippen LogP contribution in [0.1, 0.15) is 74.6 Å². The summed E-state index contributed by atoms with van der Waals surface area (Å²) in [6.45, 7) is 11.4. The molecule has 2 aliphatic rings. The second-order valence-corrected chi connectivity index (χ2v) is 9.79. The van der Waals surface area contributed by atoms with Gasteiger partial charge in [-0.05, 0) is 53.1 Å². The number of imidazole rings is 1. The maximum Gasteiger partial charge on any atom is 0.136 e. The number of benzene rings is 2. The minimum atomic E-state index is -0.121. The molecule has 35 heavy (non-hydrogen) atoms. The SMILES string of the molecule is CC(C)c1cccc(-c2cn3c(n2)CCC3)c1F.COc1ccc(C(C)C)c(C2COCCO2)c1. The maximum absolute atomic E-state index is 14.4. The van der Waals surface area contributed by atoms with Gasteiger partial charge in [-0.2, -0.15) is 0 Å². The van der Waals surface area contributed by atoms with E-state index in [1.54, 1.807) is 7.11 Å². The highest BCUT2D eigenvalue weighted by atomic mass is 19.1. The fourth-order valence-electron chi connectivity index (χ4n) is 4.73. The van der Waals surface area contributed by atoms with E-state index >= 15 is 0 Å². The molecule has 0 saturated carbocycles. The third-order valence-electron chi connectivity index (χ3n) is 6.66. The zero-order chi connectivity index (χ0) is 24.9. The van der Waals surface area contributed by atoms with E-state index in [2.05, 4.69) is 35.5 Å². The van der Waals surface area contributed by atoms with Crippen molar-refractivity contribution in [3.63, 3.8) is 0 Å². The molecule has 1 saturated heterocycles. The van der Waals surface area contributed by atoms with E-state index in [-0.39, 0.29) is 17.8 Å². The second kappa shape index (κ2) is 11.4. The first kappa shape index (κ1) is 25.4. The molecule has 2 aliphatic heterocycles. The highest BCUT2D eigenvalue weighted by Crippen LogP contribution is 2.32. The monoisotopic (exact) mass is 480 g/mol. The average Bonchev–Trinajstić information content (AvgIpc) is 3.47. The molecule has 6 heteroatoms. The normalized spacial score (nSPS) is 17.3. The zero-order valence-corrected chi connectivity index (χ0v) is 21.5. The van der Waals surface area contributed by atoms with Crippen LogP contribution in [0.15, 0.2) is 42.6 Å². The fourth-order valence-corrected chi connectivity index (χ4v) is 4.73. The summed E-state index contributed by atoms with van der Waals surface area (Å²) in [7, 11) is 1.69. The molecule has 5 rings (SSSR count). The summed E-state index contributed by atoms with van der Waals surface area (Å²) in [6.07, 6.45) is 4.17. The smallest absolute Gasteiger partial charge is 0.136 e. The highest BCUT2D eigenvalue weighted by molar-refractivity contribution is 5.61. The van der Waals surface area contributed by atoms with Crippen molar-refractivity contribution < 1.29 is 18.6 Å². The molecule has 0 radical (unpaired) electrons. The summed E-state index contributed by atoms with van der Waals surface area (Å²) in [5.74, 6) is 2.50. The van der Waals surface area contributed by atoms with E-state index in [9.17, 15) is 4.39 Å². The fraction of sp³-hybridized carbons (Fsp3) is 0.483. The third kappa shape index (κ3) is 5.76. The van der Waals surface area contributed by atoms with Crippen molar-refractivity contribution in [2.24, 2.45) is 0 Å². The van der Waals surface area contributed by atoms with Crippen molar-refractivity contribution in [3.8, 4) is 17.0 Å². The van der Waals surface area contributed by atoms with Gasteiger partial charge < -0.3 is 18.8 Å². The number of aromatic nitrogens is 2. The Kier molecular flexibility index (Phi) is 8.24. The van der Waals surface area contributed by atoms with Crippen LogP contribution in [0, 0.1) is 5.82 Å². The maximum atomic E-state index is 14.4. The molecular weight excluding hydrogens is 443 g/mol. The standard InChI is InChI=1S/C15H17FN2.C14H20O3/c1-10(2)11-5-3-6-12(15(11)16)13-9-18-8-4-7-14(18)17-13;1-10(2)12-5-4-11(15-3)8-13(12)14-9-16-6-7-17-14/h3,5-6,9-10H,4,7-8H2,1-2H3;4-5,8,10,14H,6-7,9H2,1-3H3. The molecule has 1 aromatic heterocycles. The van der Waals surface area contributed by atoms with Gasteiger partial charge >= 0.3 is 0 Å². The minimum absolute atomic E-state index is 0.0382. The summed E-state index contributed by atoms with van der Waals surface area (Å²) in [5, 5.41) is 0. The van der Waals surface area contributed by atoms with E-state index < -0.39 is 0 Å². The highest BCUT2D eigenvalue weighted by Gasteiger charge is 2.22. The first-order valence-electron chi connectivity index (χ1n) is 12.6. The molecule has 1 unspecified atom stereocenters. The summed E-state index contributed by atoms with van der Waals surface area (Å²) in [6, 6.07) is 11.8. The van der Waals surface area contributed by atoms with Crippen LogP contribution in [-0.2, 0) is 22.4 Å². The number of fused-ring (bicyclic) bond motifs is 1. The van der Waals surface area contributed by atoms with Gasteiger partial charge in [-0.25, -0.2) is 9.37 Å². The molecule has 0 spiro atoms. The number of halogens is 1. The number of hydrogen-bond acceptors (Lipinski definition) is 4. The van der Waals surface area contributed by atoms with Crippen LogP contribution >= 0.6 is 0 Å². The molecule has 188 valence electrons. The first-order chi connectivity index (χ1) is 16.9. The number of nitrogens with zero attached hydrogens (tertiary/aromatic N) is 2. The third-order valence-corrected chi connectivity index (χ3v) is 6.66. The van der Waals surface area contributed by atoms with Crippen molar-refractivity contribution in [1.82, 2.24) is 9.55 Å². The lowest BCUT2D eigenvalue weighted by Gasteiger charge is -2.26. The van der Waals surface area contributed by atoms with Gasteiger partial charge in [0.15, 0.2) is 0 Å². The van der Waals surface area contributed by atoms with Crippen LogP contribution < -0.4 is 4.74 Å². The number of rotatable bonds is 5. The molecule has 1 fully saturated rings. The van der Waals surface area contributed by atoms with Gasteiger partial charge in [0.1, 0.15) is 23.5 Å². The van der Waals surface area contributed by atoms with Crippen molar-refractivity contribution in [2.75, 3.05) is 26.9 Å². The van der Waals surface area contributed by atoms with Crippen LogP contribution in [0.25, 0.3) is 11.3 Å². The molecular formula is C29H37FN2O3. The Labute approximate surface area is 208 Å². The minimum Gasteiger partial charge on any atom is -0.497 e. The van der Waals surface area contributed by atoms with Gasteiger partial charge in [-0.15, -0.1) is 0 Å². The van der Waals surface area contributed by atoms with E-state index in [4.69, 9.17) is 14.2 Å². The molecule has 3 heterocycles. The molecule has 0 N–H and O–H groups in total. The Balaban J connectivity index is 0.000000165. The summed E-state index contributed by atoms with van der Waals surface area (Å²) in [5.41, 5.74) is 4.66. The van der Waals surface area contributed by atoms with Crippen LogP contribution in [0.3, 0.4) is 0 Å². The van der Waals surface area contributed by atoms with Crippen molar-refractivity contribution in [1.29, 1.82) is 0 Å². The van der Waals surface area contributed by atoms with Crippen molar-refractivity contribution in [3.05, 3.63) is 70.9 Å². The van der Waals surface area contributed by atoms with Gasteiger partial charge in [0.2, 0.25) is 0 Å². The van der Waals surface area contributed by atoms with Gasteiger partial charge in [-0.3, -0.25) is 0 Å². The van der Waals surface area contributed by atoms with Crippen LogP contribution in [0.4, 0.5) is 4.39 Å². The lowest BCUT2D eigenvalue weighted by molar-refractivity contribution is -0.0905. The van der Waals surface area contributed by atoms with Gasteiger partial charge in [0.05, 0.1) is 32.6 Å². The Morgan fingerprint density at radius 1 is 1.06 bits per heavy atom. The topological polar surface area (TPSA) is 45.5 Å².